The summed E-state index contributed by atoms with van der Waals surface area (Å²) in [6, 6.07) is 19.5. The normalized spacial score (nSPS) is 10.8. The van der Waals surface area contributed by atoms with Gasteiger partial charge in [0.25, 0.3) is 10.1 Å². The summed E-state index contributed by atoms with van der Waals surface area (Å²) in [4.78, 5) is 24.3. The summed E-state index contributed by atoms with van der Waals surface area (Å²) in [6.07, 6.45) is 21.6. The number of methoxy groups -OCH3 is 2. The third-order valence-electron chi connectivity index (χ3n) is 9.77. The van der Waals surface area contributed by atoms with Crippen molar-refractivity contribution in [3.8, 4) is 34.5 Å². The van der Waals surface area contributed by atoms with Crippen LogP contribution in [0.3, 0.4) is 0 Å². The van der Waals surface area contributed by atoms with Crippen molar-refractivity contribution in [2.24, 2.45) is 0 Å². The number of benzene rings is 4. The molecule has 4 aromatic carbocycles. The van der Waals surface area contributed by atoms with Gasteiger partial charge in [0.1, 0.15) is 39.4 Å². The van der Waals surface area contributed by atoms with Crippen LogP contribution in [0.2, 0.25) is 0 Å². The van der Waals surface area contributed by atoms with E-state index in [1.807, 2.05) is 18.2 Å². The smallest absolute Gasteiger partial charge is 0.298 e. The van der Waals surface area contributed by atoms with Crippen LogP contribution < -0.4 is 14.2 Å². The minimum Gasteiger partial charge on any atom is -0.507 e. The number of rotatable bonds is 25. The molecule has 4 aromatic rings. The van der Waals surface area contributed by atoms with E-state index in [2.05, 4.69) is 6.92 Å². The summed E-state index contributed by atoms with van der Waals surface area (Å²) in [6.45, 7) is 2.92. The molecule has 0 amide bonds. The van der Waals surface area contributed by atoms with E-state index >= 15 is 0 Å². The quantitative estimate of drug-likeness (QED) is 0.0216. The Bertz CT molecular complexity index is 1980. The van der Waals surface area contributed by atoms with E-state index in [0.29, 0.717) is 29.2 Å². The molecule has 13 heteroatoms. The standard InChI is InChI=1S/C31H46O3.C15H14O8S.Na/c1-2-3-4-5-6-7-8-9-10-11-12-13-14-15-16-20-25-34-28-23-24-29(30(32)26-28)31(33)27-21-18-17-19-22-27;1-22-8-3-4-9(11(16)5-8)15(18)10-6-14(24(19,20)21)13(23-2)7-12(10)17;/h17-19,21-24,26,32H,2-16,20,25H2,1H3;3-7,16-17H,1-2H3,(H,19,20,21);. The summed E-state index contributed by atoms with van der Waals surface area (Å²) < 4.78 is 47.5. The second-order valence-electron chi connectivity index (χ2n) is 14.2. The van der Waals surface area contributed by atoms with Crippen molar-refractivity contribution in [3.05, 3.63) is 101 Å². The van der Waals surface area contributed by atoms with Gasteiger partial charge in [0, 0.05) is 53.3 Å². The van der Waals surface area contributed by atoms with Crippen molar-refractivity contribution in [1.82, 2.24) is 0 Å². The van der Waals surface area contributed by atoms with Gasteiger partial charge in [0.15, 0.2) is 5.78 Å². The zero-order valence-corrected chi connectivity index (χ0v) is 37.9. The predicted molar refractivity (Wildman–Crippen MR) is 231 cm³/mol. The number of unbranched alkanes of at least 4 members (excludes halogenated alkanes) is 15. The van der Waals surface area contributed by atoms with Gasteiger partial charge >= 0.3 is 0 Å². The molecule has 0 fully saturated rings. The van der Waals surface area contributed by atoms with Gasteiger partial charge in [0.2, 0.25) is 5.78 Å². The fourth-order valence-electron chi connectivity index (χ4n) is 6.45. The SMILES string of the molecule is CCCCCCCCCCCCCCCCCCOc1ccc(C(=O)c2ccccc2)c(O)c1.COc1ccc(C(=O)c2cc(S(=O)(=O)O)c(OC)cc2O)c(O)c1.[Na]. The number of phenols is 3. The van der Waals surface area contributed by atoms with Crippen LogP contribution in [0.25, 0.3) is 0 Å². The van der Waals surface area contributed by atoms with Crippen LogP contribution in [0, 0.1) is 0 Å². The molecule has 1 radical (unpaired) electrons. The largest absolute Gasteiger partial charge is 0.507 e. The summed E-state index contributed by atoms with van der Waals surface area (Å²) in [7, 11) is -2.17. The van der Waals surface area contributed by atoms with Crippen LogP contribution in [0.5, 0.6) is 34.5 Å². The van der Waals surface area contributed by atoms with Crippen molar-refractivity contribution in [2.75, 3.05) is 20.8 Å². The van der Waals surface area contributed by atoms with Gasteiger partial charge in [-0.2, -0.15) is 8.42 Å². The number of hydrogen-bond acceptors (Lipinski definition) is 10. The second-order valence-corrected chi connectivity index (χ2v) is 15.6. The van der Waals surface area contributed by atoms with Crippen molar-refractivity contribution < 1.29 is 52.1 Å². The van der Waals surface area contributed by atoms with Gasteiger partial charge in [-0.1, -0.05) is 134 Å². The van der Waals surface area contributed by atoms with E-state index < -0.39 is 37.9 Å². The average molecular weight is 844 g/mol. The van der Waals surface area contributed by atoms with Crippen LogP contribution in [-0.4, -0.2) is 90.2 Å². The van der Waals surface area contributed by atoms with Crippen LogP contribution in [0.4, 0.5) is 0 Å². The van der Waals surface area contributed by atoms with Crippen LogP contribution in [-0.2, 0) is 10.1 Å². The maximum atomic E-state index is 12.5. The fourth-order valence-corrected chi connectivity index (χ4v) is 7.11. The molecule has 4 rings (SSSR count). The van der Waals surface area contributed by atoms with E-state index in [0.717, 1.165) is 25.7 Å². The number of aromatic hydroxyl groups is 3. The van der Waals surface area contributed by atoms with Gasteiger partial charge in [0.05, 0.1) is 37.5 Å². The van der Waals surface area contributed by atoms with Gasteiger partial charge in [-0.05, 0) is 36.8 Å². The summed E-state index contributed by atoms with van der Waals surface area (Å²) in [5, 5.41) is 30.1. The minimum atomic E-state index is -4.69. The Balaban J connectivity index is 0.000000423. The number of hydrogen-bond donors (Lipinski definition) is 4. The minimum absolute atomic E-state index is 0. The van der Waals surface area contributed by atoms with Crippen molar-refractivity contribution in [1.29, 1.82) is 0 Å². The summed E-state index contributed by atoms with van der Waals surface area (Å²) >= 11 is 0. The van der Waals surface area contributed by atoms with E-state index in [1.54, 1.807) is 30.3 Å². The molecular formula is C46H60NaO11S. The third kappa shape index (κ3) is 17.6. The first-order chi connectivity index (χ1) is 27.9. The molecule has 317 valence electrons. The molecule has 0 saturated heterocycles. The number of phenolic OH excluding ortho intramolecular Hbond substituents is 3. The predicted octanol–water partition coefficient (Wildman–Crippen LogP) is 10.5. The van der Waals surface area contributed by atoms with E-state index in [9.17, 15) is 37.9 Å². The Labute approximate surface area is 372 Å². The van der Waals surface area contributed by atoms with E-state index in [-0.39, 0.29) is 52.4 Å². The second kappa shape index (κ2) is 27.6. The fraction of sp³-hybridized carbons (Fsp3) is 0.435. The Hall–Kier alpha value is -4.07. The van der Waals surface area contributed by atoms with Gasteiger partial charge in [-0.3, -0.25) is 14.1 Å². The summed E-state index contributed by atoms with van der Waals surface area (Å²) in [5.74, 6) is -1.45. The first-order valence-electron chi connectivity index (χ1n) is 20.3. The van der Waals surface area contributed by atoms with Crippen LogP contribution in [0.1, 0.15) is 141 Å². The summed E-state index contributed by atoms with van der Waals surface area (Å²) in [5.41, 5.74) is 0.266. The average Bonchev–Trinajstić information content (AvgIpc) is 3.21. The molecule has 59 heavy (non-hydrogen) atoms. The molecule has 4 N–H and O–H groups in total. The Kier molecular flexibility index (Phi) is 23.9. The first kappa shape index (κ1) is 51.1. The molecular weight excluding hydrogens is 784 g/mol. The molecule has 0 aliphatic carbocycles. The van der Waals surface area contributed by atoms with Crippen LogP contribution >= 0.6 is 0 Å². The monoisotopic (exact) mass is 843 g/mol. The molecule has 0 unspecified atom stereocenters. The number of carbonyl (C=O) groups is 2. The molecule has 0 spiro atoms. The molecule has 0 bridgehead atoms. The molecule has 0 aliphatic rings. The Morgan fingerprint density at radius 3 is 1.47 bits per heavy atom. The molecule has 0 saturated carbocycles. The van der Waals surface area contributed by atoms with Gasteiger partial charge in [-0.15, -0.1) is 0 Å². The molecule has 0 aliphatic heterocycles. The topological polar surface area (TPSA) is 177 Å². The zero-order chi connectivity index (χ0) is 42.3. The van der Waals surface area contributed by atoms with Crippen molar-refractivity contribution in [3.63, 3.8) is 0 Å². The first-order valence-corrected chi connectivity index (χ1v) is 21.7. The maximum absolute atomic E-state index is 12.5. The number of carbonyl (C=O) groups excluding carboxylic acids is 2. The van der Waals surface area contributed by atoms with Crippen LogP contribution in [0.15, 0.2) is 83.8 Å². The Morgan fingerprint density at radius 2 is 1.00 bits per heavy atom. The molecule has 0 aromatic heterocycles. The third-order valence-corrected chi connectivity index (χ3v) is 10.6. The van der Waals surface area contributed by atoms with Crippen molar-refractivity contribution in [2.45, 2.75) is 115 Å². The van der Waals surface area contributed by atoms with E-state index in [1.165, 1.54) is 122 Å². The van der Waals surface area contributed by atoms with Gasteiger partial charge in [-0.25, -0.2) is 0 Å². The number of ether oxygens (including phenoxy) is 3. The molecule has 0 heterocycles. The van der Waals surface area contributed by atoms with E-state index in [4.69, 9.17) is 14.2 Å². The number of ketones is 2. The van der Waals surface area contributed by atoms with Gasteiger partial charge < -0.3 is 29.5 Å². The molecule has 11 nitrogen and oxygen atoms in total. The van der Waals surface area contributed by atoms with Crippen molar-refractivity contribution >= 4 is 51.2 Å². The Morgan fingerprint density at radius 1 is 0.542 bits per heavy atom. The maximum Gasteiger partial charge on any atom is 0.298 e. The molecule has 0 atom stereocenters. The zero-order valence-electron chi connectivity index (χ0n) is 35.1.